The van der Waals surface area contributed by atoms with Crippen LogP contribution >= 0.6 is 0 Å². The molecule has 1 amide bonds. The monoisotopic (exact) mass is 484 g/mol. The van der Waals surface area contributed by atoms with E-state index in [4.69, 9.17) is 19.7 Å². The summed E-state index contributed by atoms with van der Waals surface area (Å²) in [5, 5.41) is 20.8. The Morgan fingerprint density at radius 1 is 1.00 bits per heavy atom. The van der Waals surface area contributed by atoms with Crippen molar-refractivity contribution in [3.63, 3.8) is 0 Å². The second-order valence-electron chi connectivity index (χ2n) is 9.79. The van der Waals surface area contributed by atoms with E-state index in [1.165, 1.54) is 17.0 Å². The predicted octanol–water partition coefficient (Wildman–Crippen LogP) is 2.18. The fourth-order valence-corrected chi connectivity index (χ4v) is 3.02. The highest BCUT2D eigenvalue weighted by Crippen LogP contribution is 2.21. The van der Waals surface area contributed by atoms with Crippen molar-refractivity contribution in [2.75, 3.05) is 31.2 Å². The van der Waals surface area contributed by atoms with Gasteiger partial charge >= 0.3 is 11.9 Å². The molecular formula is C24H37FN2O7. The van der Waals surface area contributed by atoms with E-state index in [2.05, 4.69) is 5.32 Å². The van der Waals surface area contributed by atoms with Crippen molar-refractivity contribution in [2.45, 2.75) is 71.6 Å². The van der Waals surface area contributed by atoms with Crippen LogP contribution in [0.5, 0.6) is 0 Å². The molecule has 0 aliphatic heterocycles. The van der Waals surface area contributed by atoms with Gasteiger partial charge in [-0.25, -0.2) is 9.18 Å². The van der Waals surface area contributed by atoms with E-state index in [9.17, 15) is 18.8 Å². The number of carbonyl (C=O) groups is 3. The molecule has 0 unspecified atom stereocenters. The standard InChI is InChI=1S/C24H37FN2O7/c1-23(2,3)33-20(30)10-8-18(22(32)34-24(4,5)6)26-21(31)16-7-9-19(17(25)15-16)27(11-13-28)12-14-29/h7,9,15,18,28-29H,8,10-14H2,1-6H3,(H,26,31)/t18-/m0/s1. The van der Waals surface area contributed by atoms with Crippen LogP contribution in [0.15, 0.2) is 18.2 Å². The first-order chi connectivity index (χ1) is 15.7. The molecule has 0 aliphatic rings. The van der Waals surface area contributed by atoms with Crippen LogP contribution in [0, 0.1) is 5.82 Å². The Morgan fingerprint density at radius 3 is 2.03 bits per heavy atom. The second-order valence-corrected chi connectivity index (χ2v) is 9.79. The molecule has 1 rings (SSSR count). The van der Waals surface area contributed by atoms with Crippen molar-refractivity contribution >= 4 is 23.5 Å². The minimum atomic E-state index is -1.15. The smallest absolute Gasteiger partial charge is 0.329 e. The summed E-state index contributed by atoms with van der Waals surface area (Å²) in [6.45, 7) is 9.93. The number of aliphatic hydroxyl groups excluding tert-OH is 2. The van der Waals surface area contributed by atoms with Gasteiger partial charge in [0.2, 0.25) is 0 Å². The van der Waals surface area contributed by atoms with Gasteiger partial charge in [-0.3, -0.25) is 9.59 Å². The average molecular weight is 485 g/mol. The molecule has 1 atom stereocenters. The number of rotatable bonds is 11. The maximum Gasteiger partial charge on any atom is 0.329 e. The van der Waals surface area contributed by atoms with Gasteiger partial charge in [0, 0.05) is 25.1 Å². The maximum absolute atomic E-state index is 14.7. The zero-order valence-electron chi connectivity index (χ0n) is 20.8. The minimum absolute atomic E-state index is 0.0416. The largest absolute Gasteiger partial charge is 0.460 e. The van der Waals surface area contributed by atoms with E-state index in [0.717, 1.165) is 6.07 Å². The number of benzene rings is 1. The molecule has 0 fully saturated rings. The summed E-state index contributed by atoms with van der Waals surface area (Å²) < 4.78 is 25.3. The topological polar surface area (TPSA) is 125 Å². The van der Waals surface area contributed by atoms with Crippen molar-refractivity contribution in [2.24, 2.45) is 0 Å². The molecule has 0 saturated carbocycles. The Labute approximate surface area is 200 Å². The Hall–Kier alpha value is -2.72. The molecule has 9 nitrogen and oxygen atoms in total. The highest BCUT2D eigenvalue weighted by Gasteiger charge is 2.29. The molecule has 0 aliphatic carbocycles. The van der Waals surface area contributed by atoms with Gasteiger partial charge < -0.3 is 29.9 Å². The summed E-state index contributed by atoms with van der Waals surface area (Å²) in [6, 6.07) is 2.59. The van der Waals surface area contributed by atoms with E-state index in [0.29, 0.717) is 0 Å². The van der Waals surface area contributed by atoms with E-state index in [-0.39, 0.29) is 50.4 Å². The zero-order valence-corrected chi connectivity index (χ0v) is 20.8. The first-order valence-corrected chi connectivity index (χ1v) is 11.2. The number of aliphatic hydroxyl groups is 2. The summed E-state index contributed by atoms with van der Waals surface area (Å²) in [6.07, 6.45) is -0.192. The Kier molecular flexibility index (Phi) is 10.9. The molecule has 34 heavy (non-hydrogen) atoms. The third-order valence-corrected chi connectivity index (χ3v) is 4.34. The molecule has 1 aromatic carbocycles. The second kappa shape index (κ2) is 12.7. The predicted molar refractivity (Wildman–Crippen MR) is 125 cm³/mol. The number of nitrogens with zero attached hydrogens (tertiary/aromatic N) is 1. The molecule has 1 aromatic rings. The summed E-state index contributed by atoms with van der Waals surface area (Å²) in [5.74, 6) is -2.70. The number of halogens is 1. The van der Waals surface area contributed by atoms with Crippen LogP contribution in [0.3, 0.4) is 0 Å². The first-order valence-electron chi connectivity index (χ1n) is 11.2. The third-order valence-electron chi connectivity index (χ3n) is 4.34. The number of hydrogen-bond donors (Lipinski definition) is 3. The molecular weight excluding hydrogens is 447 g/mol. The van der Waals surface area contributed by atoms with Crippen molar-refractivity contribution < 1.29 is 38.5 Å². The quantitative estimate of drug-likeness (QED) is 0.408. The first kappa shape index (κ1) is 29.3. The molecule has 0 radical (unpaired) electrons. The molecule has 3 N–H and O–H groups in total. The van der Waals surface area contributed by atoms with Crippen molar-refractivity contribution in [3.8, 4) is 0 Å². The van der Waals surface area contributed by atoms with Gasteiger partial charge in [-0.2, -0.15) is 0 Å². The lowest BCUT2D eigenvalue weighted by Gasteiger charge is -2.25. The zero-order chi connectivity index (χ0) is 26.1. The molecule has 10 heteroatoms. The van der Waals surface area contributed by atoms with Crippen LogP contribution in [0.1, 0.15) is 64.7 Å². The van der Waals surface area contributed by atoms with Crippen LogP contribution in [-0.4, -0.2) is 71.6 Å². The highest BCUT2D eigenvalue weighted by atomic mass is 19.1. The molecule has 0 aromatic heterocycles. The van der Waals surface area contributed by atoms with Crippen LogP contribution in [0.2, 0.25) is 0 Å². The number of nitrogens with one attached hydrogen (secondary N) is 1. The Morgan fingerprint density at radius 2 is 1.56 bits per heavy atom. The Bertz CT molecular complexity index is 841. The molecule has 0 heterocycles. The van der Waals surface area contributed by atoms with Crippen molar-refractivity contribution in [3.05, 3.63) is 29.6 Å². The summed E-state index contributed by atoms with van der Waals surface area (Å²) in [4.78, 5) is 39.0. The molecule has 0 bridgehead atoms. The minimum Gasteiger partial charge on any atom is -0.460 e. The van der Waals surface area contributed by atoms with Gasteiger partial charge in [0.25, 0.3) is 5.91 Å². The number of ether oxygens (including phenoxy) is 2. The SMILES string of the molecule is CC(C)(C)OC(=O)CC[C@H](NC(=O)c1ccc(N(CCO)CCO)c(F)c1)C(=O)OC(C)(C)C. The molecule has 0 saturated heterocycles. The van der Waals surface area contributed by atoms with E-state index in [1.807, 2.05) is 0 Å². The van der Waals surface area contributed by atoms with Crippen LogP contribution in [0.4, 0.5) is 10.1 Å². The van der Waals surface area contributed by atoms with Crippen LogP contribution in [0.25, 0.3) is 0 Å². The summed E-state index contributed by atoms with van der Waals surface area (Å²) >= 11 is 0. The molecule has 192 valence electrons. The van der Waals surface area contributed by atoms with E-state index in [1.54, 1.807) is 41.5 Å². The fraction of sp³-hybridized carbons (Fsp3) is 0.625. The van der Waals surface area contributed by atoms with Gasteiger partial charge in [-0.15, -0.1) is 0 Å². The fourth-order valence-electron chi connectivity index (χ4n) is 3.02. The number of anilines is 1. The normalized spacial score (nSPS) is 12.6. The van der Waals surface area contributed by atoms with Gasteiger partial charge in [-0.1, -0.05) is 0 Å². The Balaban J connectivity index is 3.03. The number of esters is 2. The van der Waals surface area contributed by atoms with Crippen molar-refractivity contribution in [1.82, 2.24) is 5.32 Å². The van der Waals surface area contributed by atoms with Crippen LogP contribution < -0.4 is 10.2 Å². The highest BCUT2D eigenvalue weighted by molar-refractivity contribution is 5.97. The van der Waals surface area contributed by atoms with Gasteiger partial charge in [0.05, 0.1) is 18.9 Å². The number of amides is 1. The van der Waals surface area contributed by atoms with E-state index < -0.39 is 40.9 Å². The summed E-state index contributed by atoms with van der Waals surface area (Å²) in [7, 11) is 0. The number of carbonyl (C=O) groups excluding carboxylic acids is 3. The molecule has 0 spiro atoms. The van der Waals surface area contributed by atoms with E-state index >= 15 is 0 Å². The van der Waals surface area contributed by atoms with Gasteiger partial charge in [-0.05, 0) is 66.2 Å². The number of hydrogen-bond acceptors (Lipinski definition) is 8. The third kappa shape index (κ3) is 10.5. The average Bonchev–Trinajstić information content (AvgIpc) is 2.68. The lowest BCUT2D eigenvalue weighted by molar-refractivity contribution is -0.158. The lowest BCUT2D eigenvalue weighted by atomic mass is 10.1. The lowest BCUT2D eigenvalue weighted by Crippen LogP contribution is -2.44. The van der Waals surface area contributed by atoms with Gasteiger partial charge in [0.1, 0.15) is 23.1 Å². The maximum atomic E-state index is 14.7. The van der Waals surface area contributed by atoms with Crippen molar-refractivity contribution in [1.29, 1.82) is 0 Å². The van der Waals surface area contributed by atoms with Crippen LogP contribution in [-0.2, 0) is 19.1 Å². The van der Waals surface area contributed by atoms with Gasteiger partial charge in [0.15, 0.2) is 0 Å². The summed E-state index contributed by atoms with van der Waals surface area (Å²) in [5.41, 5.74) is -1.43.